The standard InChI is InChI=1S/C15H12ClNO2/c1-3-9-12(8-17)14(19-2)11-7-5-4-6-10(11)13(9)15(16)18/h4-7H,3H2,1-2H3. The number of hydrogen-bond acceptors (Lipinski definition) is 3. The maximum Gasteiger partial charge on any atom is 0.253 e. The monoisotopic (exact) mass is 273 g/mol. The first kappa shape index (κ1) is 13.4. The number of benzene rings is 2. The fraction of sp³-hybridized carbons (Fsp3) is 0.200. The van der Waals surface area contributed by atoms with Crippen LogP contribution in [0.25, 0.3) is 10.8 Å². The van der Waals surface area contributed by atoms with E-state index in [1.165, 1.54) is 7.11 Å². The van der Waals surface area contributed by atoms with Gasteiger partial charge in [0.25, 0.3) is 5.24 Å². The van der Waals surface area contributed by atoms with Crippen LogP contribution in [0.15, 0.2) is 24.3 Å². The van der Waals surface area contributed by atoms with Crippen LogP contribution in [0.4, 0.5) is 0 Å². The lowest BCUT2D eigenvalue weighted by atomic mass is 9.92. The number of halogens is 1. The van der Waals surface area contributed by atoms with Crippen LogP contribution in [-0.4, -0.2) is 12.4 Å². The zero-order chi connectivity index (χ0) is 14.0. The number of nitrogens with zero attached hydrogens (tertiary/aromatic N) is 1. The SMILES string of the molecule is CCc1c(C#N)c(OC)c2ccccc2c1C(=O)Cl. The lowest BCUT2D eigenvalue weighted by Gasteiger charge is -2.15. The summed E-state index contributed by atoms with van der Waals surface area (Å²) in [6.07, 6.45) is 0.540. The van der Waals surface area contributed by atoms with Gasteiger partial charge in [-0.15, -0.1) is 0 Å². The second kappa shape index (κ2) is 5.29. The molecule has 0 saturated heterocycles. The van der Waals surface area contributed by atoms with E-state index in [4.69, 9.17) is 16.3 Å². The van der Waals surface area contributed by atoms with Gasteiger partial charge in [0.1, 0.15) is 11.8 Å². The van der Waals surface area contributed by atoms with Gasteiger partial charge in [-0.2, -0.15) is 5.26 Å². The van der Waals surface area contributed by atoms with Gasteiger partial charge in [-0.3, -0.25) is 4.79 Å². The number of ether oxygens (including phenoxy) is 1. The molecule has 2 aromatic carbocycles. The molecule has 0 aliphatic heterocycles. The topological polar surface area (TPSA) is 50.1 Å². The highest BCUT2D eigenvalue weighted by molar-refractivity contribution is 6.69. The summed E-state index contributed by atoms with van der Waals surface area (Å²) in [5, 5.41) is 10.2. The molecule has 0 amide bonds. The van der Waals surface area contributed by atoms with Crippen molar-refractivity contribution in [3.05, 3.63) is 41.0 Å². The van der Waals surface area contributed by atoms with Crippen molar-refractivity contribution in [3.63, 3.8) is 0 Å². The molecule has 96 valence electrons. The molecule has 0 fully saturated rings. The van der Waals surface area contributed by atoms with Crippen LogP contribution >= 0.6 is 11.6 Å². The van der Waals surface area contributed by atoms with Crippen molar-refractivity contribution in [2.24, 2.45) is 0 Å². The van der Waals surface area contributed by atoms with Crippen molar-refractivity contribution in [1.29, 1.82) is 5.26 Å². The number of nitriles is 1. The number of hydrogen-bond donors (Lipinski definition) is 0. The molecule has 0 aliphatic carbocycles. The Balaban J connectivity index is 3.08. The van der Waals surface area contributed by atoms with Crippen LogP contribution in [0.1, 0.15) is 28.4 Å². The molecular weight excluding hydrogens is 262 g/mol. The molecular formula is C15H12ClNO2. The smallest absolute Gasteiger partial charge is 0.253 e. The quantitative estimate of drug-likeness (QED) is 0.802. The third-order valence-corrected chi connectivity index (χ3v) is 3.33. The predicted molar refractivity (Wildman–Crippen MR) is 74.8 cm³/mol. The highest BCUT2D eigenvalue weighted by Crippen LogP contribution is 2.36. The zero-order valence-electron chi connectivity index (χ0n) is 10.7. The third kappa shape index (κ3) is 2.05. The molecule has 2 aromatic rings. The Morgan fingerprint density at radius 1 is 1.37 bits per heavy atom. The summed E-state index contributed by atoms with van der Waals surface area (Å²) in [4.78, 5) is 11.7. The predicted octanol–water partition coefficient (Wildman–Crippen LogP) is 3.66. The van der Waals surface area contributed by atoms with Crippen LogP contribution in [0.3, 0.4) is 0 Å². The number of carbonyl (C=O) groups excluding carboxylic acids is 1. The van der Waals surface area contributed by atoms with Gasteiger partial charge in [-0.1, -0.05) is 31.2 Å². The van der Waals surface area contributed by atoms with Crippen molar-refractivity contribution in [2.45, 2.75) is 13.3 Å². The summed E-state index contributed by atoms with van der Waals surface area (Å²) in [5.41, 5.74) is 1.42. The lowest BCUT2D eigenvalue weighted by Crippen LogP contribution is -2.04. The molecule has 19 heavy (non-hydrogen) atoms. The maximum absolute atomic E-state index is 11.7. The van der Waals surface area contributed by atoms with Gasteiger partial charge in [0, 0.05) is 10.9 Å². The van der Waals surface area contributed by atoms with Gasteiger partial charge in [0.2, 0.25) is 0 Å². The molecule has 0 radical (unpaired) electrons. The average Bonchev–Trinajstić information content (AvgIpc) is 2.43. The van der Waals surface area contributed by atoms with E-state index in [-0.39, 0.29) is 0 Å². The van der Waals surface area contributed by atoms with E-state index in [2.05, 4.69) is 6.07 Å². The fourth-order valence-electron chi connectivity index (χ4n) is 2.37. The van der Waals surface area contributed by atoms with Crippen molar-refractivity contribution in [1.82, 2.24) is 0 Å². The van der Waals surface area contributed by atoms with Crippen molar-refractivity contribution < 1.29 is 9.53 Å². The van der Waals surface area contributed by atoms with Crippen molar-refractivity contribution in [3.8, 4) is 11.8 Å². The summed E-state index contributed by atoms with van der Waals surface area (Å²) < 4.78 is 5.35. The van der Waals surface area contributed by atoms with Gasteiger partial charge in [-0.25, -0.2) is 0 Å². The van der Waals surface area contributed by atoms with E-state index in [1.807, 2.05) is 31.2 Å². The Kier molecular flexibility index (Phi) is 3.73. The maximum atomic E-state index is 11.7. The number of carbonyl (C=O) groups is 1. The molecule has 0 aliphatic rings. The van der Waals surface area contributed by atoms with E-state index in [0.29, 0.717) is 28.9 Å². The van der Waals surface area contributed by atoms with E-state index < -0.39 is 5.24 Å². The van der Waals surface area contributed by atoms with E-state index in [1.54, 1.807) is 0 Å². The molecule has 0 spiro atoms. The summed E-state index contributed by atoms with van der Waals surface area (Å²) in [6, 6.07) is 9.41. The van der Waals surface area contributed by atoms with Crippen molar-refractivity contribution >= 4 is 27.6 Å². The molecule has 3 nitrogen and oxygen atoms in total. The minimum atomic E-state index is -0.549. The Labute approximate surface area is 116 Å². The summed E-state index contributed by atoms with van der Waals surface area (Å²) in [7, 11) is 1.52. The van der Waals surface area contributed by atoms with Crippen LogP contribution in [0.5, 0.6) is 5.75 Å². The molecule has 2 rings (SSSR count). The summed E-state index contributed by atoms with van der Waals surface area (Å²) in [6.45, 7) is 1.88. The normalized spacial score (nSPS) is 10.2. The Morgan fingerprint density at radius 2 is 2.00 bits per heavy atom. The van der Waals surface area contributed by atoms with E-state index in [9.17, 15) is 10.1 Å². The number of methoxy groups -OCH3 is 1. The van der Waals surface area contributed by atoms with Crippen LogP contribution < -0.4 is 4.74 Å². The highest BCUT2D eigenvalue weighted by atomic mass is 35.5. The lowest BCUT2D eigenvalue weighted by molar-refractivity contribution is 0.108. The third-order valence-electron chi connectivity index (χ3n) is 3.14. The average molecular weight is 274 g/mol. The largest absolute Gasteiger partial charge is 0.495 e. The van der Waals surface area contributed by atoms with Crippen LogP contribution in [0, 0.1) is 11.3 Å². The Morgan fingerprint density at radius 3 is 2.47 bits per heavy atom. The Bertz CT molecular complexity index is 701. The van der Waals surface area contributed by atoms with E-state index >= 15 is 0 Å². The molecule has 0 bridgehead atoms. The molecule has 0 N–H and O–H groups in total. The first-order chi connectivity index (χ1) is 9.15. The van der Waals surface area contributed by atoms with Gasteiger partial charge in [-0.05, 0) is 29.0 Å². The molecule has 0 unspecified atom stereocenters. The number of fused-ring (bicyclic) bond motifs is 1. The fourth-order valence-corrected chi connectivity index (χ4v) is 2.58. The van der Waals surface area contributed by atoms with Gasteiger partial charge < -0.3 is 4.74 Å². The zero-order valence-corrected chi connectivity index (χ0v) is 11.4. The summed E-state index contributed by atoms with van der Waals surface area (Å²) in [5.74, 6) is 0.497. The highest BCUT2D eigenvalue weighted by Gasteiger charge is 2.21. The van der Waals surface area contributed by atoms with E-state index in [0.717, 1.165) is 10.8 Å². The first-order valence-corrected chi connectivity index (χ1v) is 6.25. The molecule has 0 saturated carbocycles. The first-order valence-electron chi connectivity index (χ1n) is 5.87. The van der Waals surface area contributed by atoms with Gasteiger partial charge in [0.05, 0.1) is 12.7 Å². The second-order valence-corrected chi connectivity index (χ2v) is 4.39. The van der Waals surface area contributed by atoms with Gasteiger partial charge >= 0.3 is 0 Å². The van der Waals surface area contributed by atoms with Crippen LogP contribution in [0.2, 0.25) is 0 Å². The molecule has 4 heteroatoms. The minimum Gasteiger partial charge on any atom is -0.495 e. The van der Waals surface area contributed by atoms with Crippen molar-refractivity contribution in [2.75, 3.05) is 7.11 Å². The molecule has 0 atom stereocenters. The molecule has 0 heterocycles. The second-order valence-electron chi connectivity index (χ2n) is 4.05. The molecule has 0 aromatic heterocycles. The van der Waals surface area contributed by atoms with Crippen LogP contribution in [-0.2, 0) is 6.42 Å². The number of rotatable bonds is 3. The van der Waals surface area contributed by atoms with Gasteiger partial charge in [0.15, 0.2) is 0 Å². The Hall–Kier alpha value is -2.05. The minimum absolute atomic E-state index is 0.382. The summed E-state index contributed by atoms with van der Waals surface area (Å²) >= 11 is 5.70.